The monoisotopic (exact) mass is 293 g/mol. The van der Waals surface area contributed by atoms with E-state index in [-0.39, 0.29) is 79.9 Å². The van der Waals surface area contributed by atoms with Crippen molar-refractivity contribution in [3.05, 3.63) is 0 Å². The third kappa shape index (κ3) is 5.22. The second-order valence-corrected chi connectivity index (χ2v) is 6.50. The topological polar surface area (TPSA) is 57.6 Å². The maximum atomic E-state index is 11.2. The van der Waals surface area contributed by atoms with Gasteiger partial charge in [-0.15, -0.1) is 0 Å². The molecule has 1 heterocycles. The Morgan fingerprint density at radius 1 is 1.60 bits per heavy atom. The third-order valence-corrected chi connectivity index (χ3v) is 4.44. The number of nitrogens with zero attached hydrogens (tertiary/aromatic N) is 1. The van der Waals surface area contributed by atoms with Crippen LogP contribution in [-0.2, 0) is 22.5 Å². The van der Waals surface area contributed by atoms with Crippen LogP contribution in [-0.4, -0.2) is 53.4 Å². The normalized spacial score (nSPS) is 23.1. The van der Waals surface area contributed by atoms with E-state index in [2.05, 4.69) is 0 Å². The summed E-state index contributed by atoms with van der Waals surface area (Å²) < 4.78 is 22.6. The quantitative estimate of drug-likeness (QED) is 0.328. The van der Waals surface area contributed by atoms with E-state index in [0.29, 0.717) is 13.0 Å². The van der Waals surface area contributed by atoms with E-state index in [4.69, 9.17) is 30.0 Å². The summed E-state index contributed by atoms with van der Waals surface area (Å²) in [6, 6.07) is -0.142. The average molecular weight is 293 g/mol. The predicted octanol–water partition coefficient (Wildman–Crippen LogP) is -3.70. The Morgan fingerprint density at radius 2 is 2.20 bits per heavy atom. The molecule has 0 aromatic heterocycles. The summed E-state index contributed by atoms with van der Waals surface area (Å²) in [5, 5.41) is 8.78. The van der Waals surface area contributed by atoms with Crippen molar-refractivity contribution >= 4 is 39.0 Å². The van der Waals surface area contributed by atoms with E-state index in [0.717, 1.165) is 0 Å². The van der Waals surface area contributed by atoms with Gasteiger partial charge in [0, 0.05) is 12.6 Å². The number of sulfone groups is 1. The fourth-order valence-corrected chi connectivity index (χ4v) is 3.76. The molecule has 4 nitrogen and oxygen atoms in total. The minimum atomic E-state index is -2.92. The second-order valence-electron chi connectivity index (χ2n) is 3.24. The molecule has 15 heavy (non-hydrogen) atoms. The van der Waals surface area contributed by atoms with Crippen LogP contribution in [0.5, 0.6) is 0 Å². The molecule has 8 heteroatoms. The molecule has 0 amide bonds. The van der Waals surface area contributed by atoms with Crippen molar-refractivity contribution in [3.8, 4) is 0 Å². The van der Waals surface area contributed by atoms with Crippen LogP contribution in [0.25, 0.3) is 0 Å². The molecule has 0 aromatic rings. The van der Waals surface area contributed by atoms with E-state index < -0.39 is 9.84 Å². The summed E-state index contributed by atoms with van der Waals surface area (Å²) in [6.45, 7) is 0.260. The Labute approximate surface area is 144 Å². The number of aliphatic hydroxyl groups is 1. The molecule has 0 aliphatic carbocycles. The van der Waals surface area contributed by atoms with Gasteiger partial charge in [0.2, 0.25) is 0 Å². The second kappa shape index (κ2) is 7.17. The zero-order chi connectivity index (χ0) is 10.8. The van der Waals surface area contributed by atoms with Gasteiger partial charge in [-0.25, -0.2) is 8.42 Å². The molecule has 1 fully saturated rings. The maximum absolute atomic E-state index is 11.2. The molecule has 1 unspecified atom stereocenters. The van der Waals surface area contributed by atoms with Crippen molar-refractivity contribution in [2.75, 3.05) is 24.7 Å². The first kappa shape index (κ1) is 16.7. The van der Waals surface area contributed by atoms with E-state index in [1.165, 1.54) is 0 Å². The molecule has 1 N–H and O–H groups in total. The van der Waals surface area contributed by atoms with Gasteiger partial charge in [-0.05, 0) is 6.42 Å². The summed E-state index contributed by atoms with van der Waals surface area (Å²) in [7, 11) is -2.92. The van der Waals surface area contributed by atoms with Crippen molar-refractivity contribution in [1.29, 1.82) is 0 Å². The van der Waals surface area contributed by atoms with Gasteiger partial charge in [0.15, 0.2) is 9.84 Å². The van der Waals surface area contributed by atoms with Crippen molar-refractivity contribution in [2.45, 2.75) is 12.5 Å². The van der Waals surface area contributed by atoms with Crippen LogP contribution >= 0.6 is 12.2 Å². The first-order valence-corrected chi connectivity index (χ1v) is 6.89. The minimum absolute atomic E-state index is 0. The third-order valence-electron chi connectivity index (χ3n) is 2.22. The predicted molar refractivity (Wildman–Crippen MR) is 60.8 cm³/mol. The van der Waals surface area contributed by atoms with Gasteiger partial charge in [-0.3, -0.25) is 0 Å². The van der Waals surface area contributed by atoms with Gasteiger partial charge in [0.05, 0.1) is 18.1 Å². The Balaban J connectivity index is 0.00000196. The maximum Gasteiger partial charge on any atom is 1.00 e. The Bertz CT molecular complexity index is 319. The van der Waals surface area contributed by atoms with Crippen molar-refractivity contribution in [2.24, 2.45) is 0 Å². The fourth-order valence-electron chi connectivity index (χ4n) is 1.55. The van der Waals surface area contributed by atoms with Crippen molar-refractivity contribution in [1.82, 2.24) is 4.90 Å². The zero-order valence-electron chi connectivity index (χ0n) is 8.55. The van der Waals surface area contributed by atoms with Crippen LogP contribution in [0.1, 0.15) is 6.42 Å². The first-order chi connectivity index (χ1) is 6.46. The van der Waals surface area contributed by atoms with Gasteiger partial charge in [-0.2, -0.15) is 0 Å². The SMILES string of the molecule is O=S1(=O)CCC(N(CCO)C(=S)[S-])C1.[K+]. The molecule has 1 aliphatic heterocycles. The molecular formula is C7H12KNO3S3. The number of rotatable bonds is 3. The first-order valence-electron chi connectivity index (χ1n) is 4.25. The molecule has 0 aromatic carbocycles. The molecular weight excluding hydrogens is 281 g/mol. The fraction of sp³-hybridized carbons (Fsp3) is 0.857. The van der Waals surface area contributed by atoms with Crippen molar-refractivity contribution in [3.63, 3.8) is 0 Å². The summed E-state index contributed by atoms with van der Waals surface area (Å²) >= 11 is 9.66. The van der Waals surface area contributed by atoms with Gasteiger partial charge in [-0.1, -0.05) is 4.32 Å². The van der Waals surface area contributed by atoms with Crippen molar-refractivity contribution < 1.29 is 64.9 Å². The molecule has 1 aliphatic rings. The Hall–Kier alpha value is 1.66. The van der Waals surface area contributed by atoms with Crippen LogP contribution in [0, 0.1) is 0 Å². The summed E-state index contributed by atoms with van der Waals surface area (Å²) in [6.07, 6.45) is 0.555. The average Bonchev–Trinajstić information content (AvgIpc) is 2.41. The van der Waals surface area contributed by atoms with E-state index in [9.17, 15) is 8.42 Å². The standard InChI is InChI=1S/C7H13NO3S3.K/c9-3-2-8(7(12)13)6-1-4-14(10,11)5-6;/h6,9H,1-5H2,(H,12,13);/q;+1/p-1. The van der Waals surface area contributed by atoms with Gasteiger partial charge in [0.25, 0.3) is 0 Å². The van der Waals surface area contributed by atoms with E-state index in [1.54, 1.807) is 4.90 Å². The molecule has 1 rings (SSSR count). The molecule has 1 atom stereocenters. The van der Waals surface area contributed by atoms with Gasteiger partial charge in [0.1, 0.15) is 0 Å². The number of thiocarbonyl (C=S) groups is 1. The minimum Gasteiger partial charge on any atom is -0.411 e. The molecule has 0 spiro atoms. The Kier molecular flexibility index (Phi) is 7.96. The summed E-state index contributed by atoms with van der Waals surface area (Å²) in [5.41, 5.74) is 0. The smallest absolute Gasteiger partial charge is 0.411 e. The molecule has 0 radical (unpaired) electrons. The number of hydrogen-bond acceptors (Lipinski definition) is 5. The number of aliphatic hydroxyl groups excluding tert-OH is 1. The van der Waals surface area contributed by atoms with Crippen LogP contribution < -0.4 is 51.4 Å². The molecule has 82 valence electrons. The summed E-state index contributed by atoms with van der Waals surface area (Å²) in [5.74, 6) is 0.293. The molecule has 0 bridgehead atoms. The number of hydrogen-bond donors (Lipinski definition) is 1. The van der Waals surface area contributed by atoms with Crippen LogP contribution in [0.2, 0.25) is 0 Å². The van der Waals surface area contributed by atoms with E-state index >= 15 is 0 Å². The summed E-state index contributed by atoms with van der Waals surface area (Å²) in [4.78, 5) is 1.62. The van der Waals surface area contributed by atoms with Gasteiger partial charge < -0.3 is 34.9 Å². The van der Waals surface area contributed by atoms with Crippen LogP contribution in [0.3, 0.4) is 0 Å². The van der Waals surface area contributed by atoms with E-state index in [1.807, 2.05) is 0 Å². The largest absolute Gasteiger partial charge is 1.00 e. The van der Waals surface area contributed by atoms with Gasteiger partial charge >= 0.3 is 51.4 Å². The van der Waals surface area contributed by atoms with Crippen LogP contribution in [0.4, 0.5) is 0 Å². The molecule has 0 saturated carbocycles. The van der Waals surface area contributed by atoms with Crippen LogP contribution in [0.15, 0.2) is 0 Å². The molecule has 1 saturated heterocycles. The Morgan fingerprint density at radius 3 is 2.53 bits per heavy atom. The zero-order valence-corrected chi connectivity index (χ0v) is 14.1.